The third-order valence-electron chi connectivity index (χ3n) is 6.17. The normalized spacial score (nSPS) is 20.5. The lowest BCUT2D eigenvalue weighted by molar-refractivity contribution is -0.144. The van der Waals surface area contributed by atoms with Gasteiger partial charge in [-0.1, -0.05) is 18.2 Å². The first-order chi connectivity index (χ1) is 12.5. The maximum Gasteiger partial charge on any atom is 0.325 e. The highest BCUT2D eigenvalue weighted by Crippen LogP contribution is 2.31. The molecule has 26 heavy (non-hydrogen) atoms. The molecule has 3 rings (SSSR count). The number of aryl methyl sites for hydroxylation is 1. The summed E-state index contributed by atoms with van der Waals surface area (Å²) < 4.78 is 0. The number of carbonyl (C=O) groups excluding carboxylic acids is 1. The molecular formula is C21H30N2O3. The van der Waals surface area contributed by atoms with E-state index in [2.05, 4.69) is 4.90 Å². The maximum absolute atomic E-state index is 12.0. The van der Waals surface area contributed by atoms with Crippen LogP contribution < -0.4 is 0 Å². The molecule has 1 unspecified atom stereocenters. The van der Waals surface area contributed by atoms with Crippen molar-refractivity contribution in [3.8, 4) is 0 Å². The zero-order valence-electron chi connectivity index (χ0n) is 15.9. The maximum atomic E-state index is 12.0. The Hall–Kier alpha value is -1.88. The van der Waals surface area contributed by atoms with E-state index in [1.165, 1.54) is 0 Å². The highest BCUT2D eigenvalue weighted by Gasteiger charge is 2.32. The standard InChI is InChI=1S/C21H30N2O3/c1-15-5-3-6-18(16(15)2)20(21(25)26)23-13-9-17(10-14-23)8-12-22-11-4-7-19(22)24/h3,5-6,17,20H,4,7-14H2,1-2H3,(H,25,26). The number of amides is 1. The average Bonchev–Trinajstić information content (AvgIpc) is 3.03. The highest BCUT2D eigenvalue weighted by molar-refractivity contribution is 5.78. The number of carbonyl (C=O) groups is 2. The van der Waals surface area contributed by atoms with E-state index in [1.54, 1.807) is 0 Å². The number of rotatable bonds is 6. The van der Waals surface area contributed by atoms with Gasteiger partial charge in [0.2, 0.25) is 5.91 Å². The fourth-order valence-electron chi connectivity index (χ4n) is 4.33. The van der Waals surface area contributed by atoms with Crippen LogP contribution in [0.3, 0.4) is 0 Å². The average molecular weight is 358 g/mol. The van der Waals surface area contributed by atoms with Gasteiger partial charge in [0.1, 0.15) is 6.04 Å². The molecule has 1 atom stereocenters. The SMILES string of the molecule is Cc1cccc(C(C(=O)O)N2CCC(CCN3CCCC3=O)CC2)c1C. The lowest BCUT2D eigenvalue weighted by Crippen LogP contribution is -2.41. The molecule has 0 saturated carbocycles. The van der Waals surface area contributed by atoms with E-state index in [0.29, 0.717) is 18.2 Å². The minimum Gasteiger partial charge on any atom is -0.480 e. The van der Waals surface area contributed by atoms with Crippen molar-refractivity contribution in [1.82, 2.24) is 9.80 Å². The van der Waals surface area contributed by atoms with E-state index in [0.717, 1.165) is 68.6 Å². The molecule has 5 heteroatoms. The van der Waals surface area contributed by atoms with Crippen LogP contribution in [-0.2, 0) is 9.59 Å². The summed E-state index contributed by atoms with van der Waals surface area (Å²) in [5.41, 5.74) is 3.13. The van der Waals surface area contributed by atoms with Crippen LogP contribution in [0.1, 0.15) is 54.8 Å². The van der Waals surface area contributed by atoms with Crippen molar-refractivity contribution in [2.24, 2.45) is 5.92 Å². The van der Waals surface area contributed by atoms with Crippen LogP contribution in [-0.4, -0.2) is 53.0 Å². The summed E-state index contributed by atoms with van der Waals surface area (Å²) >= 11 is 0. The molecule has 2 heterocycles. The number of benzene rings is 1. The number of carboxylic acids is 1. The van der Waals surface area contributed by atoms with Crippen molar-refractivity contribution in [2.75, 3.05) is 26.2 Å². The number of piperidine rings is 1. The topological polar surface area (TPSA) is 60.9 Å². The van der Waals surface area contributed by atoms with Crippen LogP contribution in [0.5, 0.6) is 0 Å². The quantitative estimate of drug-likeness (QED) is 0.849. The van der Waals surface area contributed by atoms with Gasteiger partial charge >= 0.3 is 5.97 Å². The number of hydrogen-bond donors (Lipinski definition) is 1. The van der Waals surface area contributed by atoms with E-state index in [4.69, 9.17) is 0 Å². The fourth-order valence-corrected chi connectivity index (χ4v) is 4.33. The van der Waals surface area contributed by atoms with Crippen LogP contribution in [0.25, 0.3) is 0 Å². The van der Waals surface area contributed by atoms with Crippen molar-refractivity contribution in [3.05, 3.63) is 34.9 Å². The minimum absolute atomic E-state index is 0.295. The van der Waals surface area contributed by atoms with E-state index < -0.39 is 12.0 Å². The van der Waals surface area contributed by atoms with Crippen LogP contribution in [0.2, 0.25) is 0 Å². The fraction of sp³-hybridized carbons (Fsp3) is 0.619. The largest absolute Gasteiger partial charge is 0.480 e. The predicted molar refractivity (Wildman–Crippen MR) is 101 cm³/mol. The first kappa shape index (κ1) is 18.9. The lowest BCUT2D eigenvalue weighted by Gasteiger charge is -2.37. The highest BCUT2D eigenvalue weighted by atomic mass is 16.4. The van der Waals surface area contributed by atoms with Crippen molar-refractivity contribution < 1.29 is 14.7 Å². The summed E-state index contributed by atoms with van der Waals surface area (Å²) in [6.45, 7) is 7.43. The summed E-state index contributed by atoms with van der Waals surface area (Å²) in [7, 11) is 0. The van der Waals surface area contributed by atoms with Crippen molar-refractivity contribution in [3.63, 3.8) is 0 Å². The van der Waals surface area contributed by atoms with Crippen LogP contribution in [0.4, 0.5) is 0 Å². The number of likely N-dealkylation sites (tertiary alicyclic amines) is 2. The Morgan fingerprint density at radius 3 is 2.58 bits per heavy atom. The molecule has 2 aliphatic heterocycles. The summed E-state index contributed by atoms with van der Waals surface area (Å²) in [6, 6.07) is 5.37. The Balaban J connectivity index is 1.59. The molecule has 5 nitrogen and oxygen atoms in total. The number of nitrogens with zero attached hydrogens (tertiary/aromatic N) is 2. The zero-order valence-corrected chi connectivity index (χ0v) is 15.9. The van der Waals surface area contributed by atoms with Gasteiger partial charge in [-0.15, -0.1) is 0 Å². The Morgan fingerprint density at radius 1 is 1.23 bits per heavy atom. The minimum atomic E-state index is -0.764. The van der Waals surface area contributed by atoms with E-state index >= 15 is 0 Å². The molecule has 0 spiro atoms. The van der Waals surface area contributed by atoms with Gasteiger partial charge in [-0.05, 0) is 75.2 Å². The molecule has 0 aliphatic carbocycles. The number of carboxylic acid groups (broad SMARTS) is 1. The summed E-state index contributed by atoms with van der Waals surface area (Å²) in [5.74, 6) is 0.121. The second-order valence-electron chi connectivity index (χ2n) is 7.78. The molecule has 1 aromatic carbocycles. The molecule has 0 radical (unpaired) electrons. The third-order valence-corrected chi connectivity index (χ3v) is 6.17. The second-order valence-corrected chi connectivity index (χ2v) is 7.78. The molecule has 1 aromatic rings. The zero-order chi connectivity index (χ0) is 18.7. The van der Waals surface area contributed by atoms with Gasteiger partial charge < -0.3 is 10.0 Å². The Morgan fingerprint density at radius 2 is 1.96 bits per heavy atom. The molecule has 1 N–H and O–H groups in total. The molecule has 1 amide bonds. The van der Waals surface area contributed by atoms with E-state index in [-0.39, 0.29) is 0 Å². The molecule has 0 aromatic heterocycles. The van der Waals surface area contributed by atoms with Crippen LogP contribution >= 0.6 is 0 Å². The molecule has 142 valence electrons. The molecule has 2 aliphatic rings. The molecular weight excluding hydrogens is 328 g/mol. The monoisotopic (exact) mass is 358 g/mol. The van der Waals surface area contributed by atoms with Crippen LogP contribution in [0, 0.1) is 19.8 Å². The number of hydrogen-bond acceptors (Lipinski definition) is 3. The molecule has 0 bridgehead atoms. The predicted octanol–water partition coefficient (Wildman–Crippen LogP) is 3.15. The second kappa shape index (κ2) is 8.21. The van der Waals surface area contributed by atoms with Gasteiger partial charge in [0.05, 0.1) is 0 Å². The Bertz CT molecular complexity index is 665. The first-order valence-electron chi connectivity index (χ1n) is 9.78. The lowest BCUT2D eigenvalue weighted by atomic mass is 9.90. The first-order valence-corrected chi connectivity index (χ1v) is 9.78. The van der Waals surface area contributed by atoms with E-state index in [9.17, 15) is 14.7 Å². The summed E-state index contributed by atoms with van der Waals surface area (Å²) in [4.78, 5) is 27.8. The van der Waals surface area contributed by atoms with Crippen LogP contribution in [0.15, 0.2) is 18.2 Å². The van der Waals surface area contributed by atoms with Crippen molar-refractivity contribution in [2.45, 2.75) is 52.0 Å². The Kier molecular flexibility index (Phi) is 5.97. The van der Waals surface area contributed by atoms with E-state index in [1.807, 2.05) is 36.9 Å². The van der Waals surface area contributed by atoms with Crippen molar-refractivity contribution >= 4 is 11.9 Å². The van der Waals surface area contributed by atoms with Gasteiger partial charge in [-0.3, -0.25) is 14.5 Å². The van der Waals surface area contributed by atoms with Gasteiger partial charge in [0.15, 0.2) is 0 Å². The van der Waals surface area contributed by atoms with Gasteiger partial charge in [0.25, 0.3) is 0 Å². The third kappa shape index (κ3) is 4.09. The summed E-state index contributed by atoms with van der Waals surface area (Å²) in [6.07, 6.45) is 4.76. The summed E-state index contributed by atoms with van der Waals surface area (Å²) in [5, 5.41) is 9.85. The molecule has 2 saturated heterocycles. The van der Waals surface area contributed by atoms with Gasteiger partial charge in [0, 0.05) is 19.5 Å². The smallest absolute Gasteiger partial charge is 0.325 e. The van der Waals surface area contributed by atoms with Crippen molar-refractivity contribution in [1.29, 1.82) is 0 Å². The van der Waals surface area contributed by atoms with Gasteiger partial charge in [-0.2, -0.15) is 0 Å². The molecule has 2 fully saturated rings. The van der Waals surface area contributed by atoms with Gasteiger partial charge in [-0.25, -0.2) is 0 Å². The Labute approximate surface area is 156 Å². The number of aliphatic carboxylic acids is 1.